The Morgan fingerprint density at radius 1 is 0.902 bits per heavy atom. The number of para-hydroxylation sites is 2. The number of ether oxygens (including phenoxy) is 1. The van der Waals surface area contributed by atoms with Crippen LogP contribution in [0.25, 0.3) is 43.6 Å². The topological polar surface area (TPSA) is 111 Å². The van der Waals surface area contributed by atoms with Crippen LogP contribution in [0.1, 0.15) is 53.1 Å². The molecule has 5 aromatic rings. The van der Waals surface area contributed by atoms with E-state index in [1.54, 1.807) is 6.92 Å². The van der Waals surface area contributed by atoms with Crippen LogP contribution in [0.3, 0.4) is 0 Å². The zero-order valence-corrected chi connectivity index (χ0v) is 22.8. The lowest BCUT2D eigenvalue weighted by molar-refractivity contribution is -0.182. The van der Waals surface area contributed by atoms with E-state index >= 15 is 0 Å². The van der Waals surface area contributed by atoms with Gasteiger partial charge in [0.1, 0.15) is 12.3 Å². The number of hydrogen-bond acceptors (Lipinski definition) is 6. The number of amides is 2. The number of carbonyl (C=O) groups is 2. The molecule has 3 N–H and O–H groups in total. The molecular formula is C32H32N4O5. The number of carbonyl (C=O) groups excluding carboxylic acids is 2. The maximum absolute atomic E-state index is 14.3. The number of aromatic amines is 1. The Kier molecular flexibility index (Phi) is 5.56. The summed E-state index contributed by atoms with van der Waals surface area (Å²) in [5, 5.41) is 24.3. The molecule has 2 aromatic heterocycles. The highest BCUT2D eigenvalue weighted by molar-refractivity contribution is 6.39. The Morgan fingerprint density at radius 3 is 2.34 bits per heavy atom. The predicted octanol–water partition coefficient (Wildman–Crippen LogP) is 4.15. The zero-order valence-electron chi connectivity index (χ0n) is 22.8. The summed E-state index contributed by atoms with van der Waals surface area (Å²) in [4.78, 5) is 35.7. The highest BCUT2D eigenvalue weighted by Crippen LogP contribution is 2.47. The third kappa shape index (κ3) is 3.50. The number of hydrogen-bond donors (Lipinski definition) is 3. The standard InChI is InChI=1S/C32H32N4O5/c1-17-30(38)22(37)16-23(41-17)36-21-11-5-3-9-19(21)25-27-26(24-18-8-2-4-10-20(18)33-28(24)29(25)36)31(39)35(32(27)40)15-14-34-12-6-7-13-34/h2-5,8-11,17,22-23,30,33,37-38H,6-7,12-16H2,1H3. The van der Waals surface area contributed by atoms with Crippen molar-refractivity contribution in [3.63, 3.8) is 0 Å². The molecule has 0 bridgehead atoms. The first-order valence-electron chi connectivity index (χ1n) is 14.5. The van der Waals surface area contributed by atoms with Crippen LogP contribution in [0.2, 0.25) is 0 Å². The van der Waals surface area contributed by atoms with Gasteiger partial charge in [-0.05, 0) is 45.0 Å². The number of benzene rings is 3. The van der Waals surface area contributed by atoms with E-state index in [1.165, 1.54) is 4.90 Å². The Bertz CT molecular complexity index is 1870. The summed E-state index contributed by atoms with van der Waals surface area (Å²) in [6.07, 6.45) is -0.643. The molecule has 9 heteroatoms. The SMILES string of the molecule is CC1OC(n2c3ccccc3c3c4c(c5c6ccccc6[nH]c5c32)C(=O)N(CCN2CCCC2)C4=O)CC(O)C1O. The molecule has 8 rings (SSSR count). The second-order valence-electron chi connectivity index (χ2n) is 11.7. The number of likely N-dealkylation sites (tertiary alicyclic amines) is 1. The Balaban J connectivity index is 1.44. The van der Waals surface area contributed by atoms with E-state index in [0.717, 1.165) is 64.2 Å². The molecule has 0 radical (unpaired) electrons. The second kappa shape index (κ2) is 9.12. The average molecular weight is 553 g/mol. The van der Waals surface area contributed by atoms with Crippen LogP contribution in [0.5, 0.6) is 0 Å². The fraction of sp³-hybridized carbons (Fsp3) is 0.375. The molecule has 3 aromatic carbocycles. The van der Waals surface area contributed by atoms with Crippen LogP contribution in [0.4, 0.5) is 0 Å². The molecule has 4 unspecified atom stereocenters. The van der Waals surface area contributed by atoms with Crippen molar-refractivity contribution in [1.82, 2.24) is 19.4 Å². The predicted molar refractivity (Wildman–Crippen MR) is 156 cm³/mol. The van der Waals surface area contributed by atoms with Gasteiger partial charge in [-0.1, -0.05) is 36.4 Å². The van der Waals surface area contributed by atoms with Gasteiger partial charge in [-0.25, -0.2) is 0 Å². The molecule has 0 aliphatic carbocycles. The van der Waals surface area contributed by atoms with Gasteiger partial charge in [-0.15, -0.1) is 0 Å². The minimum Gasteiger partial charge on any atom is -0.390 e. The molecular weight excluding hydrogens is 520 g/mol. The normalized spacial score (nSPS) is 25.5. The maximum atomic E-state index is 14.3. The molecule has 3 aliphatic rings. The van der Waals surface area contributed by atoms with Crippen molar-refractivity contribution in [2.45, 2.75) is 50.7 Å². The van der Waals surface area contributed by atoms with Gasteiger partial charge < -0.3 is 29.4 Å². The Morgan fingerprint density at radius 2 is 1.59 bits per heavy atom. The fourth-order valence-electron chi connectivity index (χ4n) is 7.34. The lowest BCUT2D eigenvalue weighted by Crippen LogP contribution is -2.45. The minimum absolute atomic E-state index is 0.187. The number of aromatic nitrogens is 2. The third-order valence-electron chi connectivity index (χ3n) is 9.34. The minimum atomic E-state index is -0.986. The van der Waals surface area contributed by atoms with Crippen molar-refractivity contribution in [2.75, 3.05) is 26.2 Å². The number of rotatable bonds is 4. The quantitative estimate of drug-likeness (QED) is 0.289. The van der Waals surface area contributed by atoms with Gasteiger partial charge in [0.15, 0.2) is 0 Å². The number of nitrogens with one attached hydrogen (secondary N) is 1. The molecule has 3 aliphatic heterocycles. The van der Waals surface area contributed by atoms with Gasteiger partial charge in [0.25, 0.3) is 11.8 Å². The van der Waals surface area contributed by atoms with Crippen LogP contribution in [-0.2, 0) is 4.74 Å². The molecule has 210 valence electrons. The summed E-state index contributed by atoms with van der Waals surface area (Å²) in [6.45, 7) is 4.76. The molecule has 9 nitrogen and oxygen atoms in total. The van der Waals surface area contributed by atoms with Crippen LogP contribution in [-0.4, -0.2) is 85.9 Å². The molecule has 2 amide bonds. The molecule has 4 atom stereocenters. The van der Waals surface area contributed by atoms with E-state index in [-0.39, 0.29) is 18.2 Å². The van der Waals surface area contributed by atoms with Crippen LogP contribution in [0.15, 0.2) is 48.5 Å². The van der Waals surface area contributed by atoms with Crippen LogP contribution >= 0.6 is 0 Å². The van der Waals surface area contributed by atoms with Gasteiger partial charge in [-0.3, -0.25) is 14.5 Å². The van der Waals surface area contributed by atoms with E-state index in [9.17, 15) is 19.8 Å². The second-order valence-corrected chi connectivity index (χ2v) is 11.7. The van der Waals surface area contributed by atoms with Crippen molar-refractivity contribution < 1.29 is 24.5 Å². The number of imide groups is 1. The number of aliphatic hydroxyl groups is 2. The summed E-state index contributed by atoms with van der Waals surface area (Å²) < 4.78 is 8.35. The average Bonchev–Trinajstić information content (AvgIpc) is 3.74. The number of aliphatic hydroxyl groups excluding tert-OH is 2. The lowest BCUT2D eigenvalue weighted by atomic mass is 9.96. The summed E-state index contributed by atoms with van der Waals surface area (Å²) in [5.74, 6) is -0.517. The van der Waals surface area contributed by atoms with Crippen molar-refractivity contribution in [3.05, 3.63) is 59.7 Å². The monoisotopic (exact) mass is 552 g/mol. The van der Waals surface area contributed by atoms with Crippen LogP contribution in [0, 0.1) is 0 Å². The van der Waals surface area contributed by atoms with Crippen molar-refractivity contribution in [2.24, 2.45) is 0 Å². The highest BCUT2D eigenvalue weighted by atomic mass is 16.5. The molecule has 0 saturated carbocycles. The van der Waals surface area contributed by atoms with E-state index in [4.69, 9.17) is 4.74 Å². The van der Waals surface area contributed by atoms with E-state index in [1.807, 2.05) is 53.1 Å². The van der Waals surface area contributed by atoms with Gasteiger partial charge in [0, 0.05) is 46.6 Å². The fourth-order valence-corrected chi connectivity index (χ4v) is 7.34. The van der Waals surface area contributed by atoms with Crippen LogP contribution < -0.4 is 0 Å². The molecule has 2 fully saturated rings. The zero-order chi connectivity index (χ0) is 28.0. The van der Waals surface area contributed by atoms with Gasteiger partial charge in [0.05, 0.1) is 39.9 Å². The first-order chi connectivity index (χ1) is 19.9. The first-order valence-corrected chi connectivity index (χ1v) is 14.5. The van der Waals surface area contributed by atoms with Crippen molar-refractivity contribution in [3.8, 4) is 0 Å². The first kappa shape index (κ1) is 25.0. The number of nitrogens with zero attached hydrogens (tertiary/aromatic N) is 3. The maximum Gasteiger partial charge on any atom is 0.262 e. The van der Waals surface area contributed by atoms with E-state index < -0.39 is 24.5 Å². The van der Waals surface area contributed by atoms with Gasteiger partial charge >= 0.3 is 0 Å². The number of fused-ring (bicyclic) bond motifs is 10. The lowest BCUT2D eigenvalue weighted by Gasteiger charge is -2.36. The van der Waals surface area contributed by atoms with E-state index in [2.05, 4.69) is 9.88 Å². The van der Waals surface area contributed by atoms with Crippen molar-refractivity contribution in [1.29, 1.82) is 0 Å². The molecule has 41 heavy (non-hydrogen) atoms. The summed E-state index contributed by atoms with van der Waals surface area (Å²) in [5.41, 5.74) is 4.12. The van der Waals surface area contributed by atoms with E-state index in [0.29, 0.717) is 29.6 Å². The summed E-state index contributed by atoms with van der Waals surface area (Å²) in [6, 6.07) is 15.7. The third-order valence-corrected chi connectivity index (χ3v) is 9.34. The Labute approximate surface area is 235 Å². The molecule has 5 heterocycles. The Hall–Kier alpha value is -3.76. The smallest absolute Gasteiger partial charge is 0.262 e. The summed E-state index contributed by atoms with van der Waals surface area (Å²) >= 11 is 0. The molecule has 2 saturated heterocycles. The van der Waals surface area contributed by atoms with Gasteiger partial charge in [-0.2, -0.15) is 0 Å². The summed E-state index contributed by atoms with van der Waals surface area (Å²) in [7, 11) is 0. The highest BCUT2D eigenvalue weighted by Gasteiger charge is 2.43. The molecule has 0 spiro atoms. The van der Waals surface area contributed by atoms with Gasteiger partial charge in [0.2, 0.25) is 0 Å². The van der Waals surface area contributed by atoms with Crippen molar-refractivity contribution >= 4 is 55.4 Å². The number of H-pyrrole nitrogens is 1. The largest absolute Gasteiger partial charge is 0.390 e.